The molecule has 3 nitrogen and oxygen atoms in total. The quantitative estimate of drug-likeness (QED) is 0.769. The molecule has 1 aliphatic heterocycles. The minimum atomic E-state index is -1.51. The summed E-state index contributed by atoms with van der Waals surface area (Å²) in [5, 5.41) is 0. The van der Waals surface area contributed by atoms with Gasteiger partial charge in [0.25, 0.3) is 0 Å². The van der Waals surface area contributed by atoms with Crippen LogP contribution in [0.2, 0.25) is 5.82 Å². The van der Waals surface area contributed by atoms with Crippen molar-refractivity contribution in [2.24, 2.45) is 0 Å². The molecule has 0 aromatic carbocycles. The van der Waals surface area contributed by atoms with E-state index < -0.39 is 6.55 Å². The molecule has 0 spiro atoms. The minimum Gasteiger partial charge on any atom is -0.556 e. The maximum absolute atomic E-state index is 6.58. The first-order valence-corrected chi connectivity index (χ1v) is 7.96. The highest BCUT2D eigenvalue weighted by Gasteiger charge is 2.56. The van der Waals surface area contributed by atoms with Gasteiger partial charge in [-0.2, -0.15) is 0 Å². The molecule has 0 atom stereocenters. The third-order valence-electron chi connectivity index (χ3n) is 5.60. The Morgan fingerprint density at radius 2 is 1.60 bits per heavy atom. The van der Waals surface area contributed by atoms with E-state index in [0.29, 0.717) is 5.82 Å². The number of furan rings is 1. The van der Waals surface area contributed by atoms with Crippen molar-refractivity contribution < 1.29 is 13.7 Å². The van der Waals surface area contributed by atoms with E-state index in [1.54, 1.807) is 6.26 Å². The third-order valence-corrected chi connectivity index (χ3v) is 5.60. The molecule has 112 valence electrons. The zero-order valence-corrected chi connectivity index (χ0v) is 13.1. The van der Waals surface area contributed by atoms with Crippen molar-refractivity contribution in [3.63, 3.8) is 0 Å². The molecule has 0 amide bonds. The highest BCUT2D eigenvalue weighted by Crippen LogP contribution is 2.49. The van der Waals surface area contributed by atoms with Crippen LogP contribution >= 0.6 is 0 Å². The molecule has 3 rings (SSSR count). The van der Waals surface area contributed by atoms with E-state index in [1.807, 2.05) is 12.1 Å². The van der Waals surface area contributed by atoms with Gasteiger partial charge in [-0.25, -0.2) is 0 Å². The summed E-state index contributed by atoms with van der Waals surface area (Å²) in [7, 11) is 0. The van der Waals surface area contributed by atoms with Gasteiger partial charge in [0, 0.05) is 16.9 Å². The lowest BCUT2D eigenvalue weighted by Gasteiger charge is -2.44. The van der Waals surface area contributed by atoms with E-state index >= 15 is 0 Å². The van der Waals surface area contributed by atoms with Crippen LogP contribution in [0, 0.1) is 0 Å². The first-order chi connectivity index (χ1) is 9.37. The molecule has 0 radical (unpaired) electrons. The molecule has 20 heavy (non-hydrogen) atoms. The van der Waals surface area contributed by atoms with Crippen LogP contribution < -0.4 is 5.66 Å². The van der Waals surface area contributed by atoms with Gasteiger partial charge in [0.2, 0.25) is 0 Å². The smallest absolute Gasteiger partial charge is 0.309 e. The summed E-state index contributed by atoms with van der Waals surface area (Å²) in [5.74, 6) is 0.441. The minimum absolute atomic E-state index is 0.308. The molecular formula is C16H26BO3-. The average Bonchev–Trinajstić information content (AvgIpc) is 2.97. The van der Waals surface area contributed by atoms with Crippen molar-refractivity contribution in [2.75, 3.05) is 0 Å². The maximum Gasteiger partial charge on any atom is 0.309 e. The van der Waals surface area contributed by atoms with Gasteiger partial charge in [0.1, 0.15) is 0 Å². The Morgan fingerprint density at radius 1 is 1.00 bits per heavy atom. The van der Waals surface area contributed by atoms with Crippen molar-refractivity contribution in [3.05, 3.63) is 18.4 Å². The fourth-order valence-corrected chi connectivity index (χ4v) is 3.82. The van der Waals surface area contributed by atoms with Crippen LogP contribution in [0.15, 0.2) is 22.8 Å². The molecule has 4 heteroatoms. The molecule has 1 aromatic rings. The number of rotatable bonds is 2. The van der Waals surface area contributed by atoms with Crippen LogP contribution in [0.3, 0.4) is 0 Å². The molecule has 2 fully saturated rings. The first-order valence-electron chi connectivity index (χ1n) is 7.96. The van der Waals surface area contributed by atoms with Gasteiger partial charge in [-0.3, -0.25) is 0 Å². The maximum atomic E-state index is 6.58. The molecular weight excluding hydrogens is 251 g/mol. The predicted octanol–water partition coefficient (Wildman–Crippen LogP) is 3.87. The zero-order valence-electron chi connectivity index (χ0n) is 13.1. The summed E-state index contributed by atoms with van der Waals surface area (Å²) in [6.07, 6.45) is 7.94. The molecule has 1 saturated carbocycles. The summed E-state index contributed by atoms with van der Waals surface area (Å²) in [4.78, 5) is 0. The second-order valence-electron chi connectivity index (χ2n) is 7.44. The Kier molecular flexibility index (Phi) is 3.30. The molecule has 0 unspecified atom stereocenters. The second-order valence-corrected chi connectivity index (χ2v) is 7.44. The van der Waals surface area contributed by atoms with Gasteiger partial charge in [-0.15, -0.1) is 5.82 Å². The van der Waals surface area contributed by atoms with Crippen LogP contribution in [0.1, 0.15) is 59.8 Å². The lowest BCUT2D eigenvalue weighted by Crippen LogP contribution is -2.55. The number of hydrogen-bond acceptors (Lipinski definition) is 3. The standard InChI is InChI=1S/C16H26BO3/c1-15(2)16(3,4)20-17(19-15,14-11-8-12-18-14)13-9-6-5-7-10-13/h8,11-13H,5-7,9-10H2,1-4H3/q-1. The molecule has 0 bridgehead atoms. The largest absolute Gasteiger partial charge is 0.556 e. The van der Waals surface area contributed by atoms with Crippen molar-refractivity contribution in [3.8, 4) is 0 Å². The van der Waals surface area contributed by atoms with E-state index in [0.717, 1.165) is 5.66 Å². The fourth-order valence-electron chi connectivity index (χ4n) is 3.82. The summed E-state index contributed by atoms with van der Waals surface area (Å²) in [5.41, 5.74) is 0.268. The molecule has 1 saturated heterocycles. The van der Waals surface area contributed by atoms with Crippen LogP contribution in [0.25, 0.3) is 0 Å². The van der Waals surface area contributed by atoms with Crippen LogP contribution in [-0.2, 0) is 9.31 Å². The Bertz CT molecular complexity index is 442. The number of hydrogen-bond donors (Lipinski definition) is 0. The van der Waals surface area contributed by atoms with E-state index in [4.69, 9.17) is 13.7 Å². The van der Waals surface area contributed by atoms with Gasteiger partial charge in [0.05, 0.1) is 6.26 Å². The lowest BCUT2D eigenvalue weighted by molar-refractivity contribution is 0.00578. The Balaban J connectivity index is 2.02. The van der Waals surface area contributed by atoms with E-state index in [9.17, 15) is 0 Å². The van der Waals surface area contributed by atoms with Gasteiger partial charge < -0.3 is 13.7 Å². The van der Waals surface area contributed by atoms with Crippen molar-refractivity contribution in [1.29, 1.82) is 0 Å². The predicted molar refractivity (Wildman–Crippen MR) is 81.3 cm³/mol. The first kappa shape index (κ1) is 14.2. The molecule has 2 aliphatic rings. The van der Waals surface area contributed by atoms with E-state index in [1.165, 1.54) is 32.1 Å². The highest BCUT2D eigenvalue weighted by molar-refractivity contribution is 6.82. The molecule has 0 N–H and O–H groups in total. The highest BCUT2D eigenvalue weighted by atomic mass is 16.7. The molecule has 1 aliphatic carbocycles. The second kappa shape index (κ2) is 4.64. The Hall–Kier alpha value is -0.735. The van der Waals surface area contributed by atoms with Gasteiger partial charge in [-0.1, -0.05) is 38.2 Å². The Morgan fingerprint density at radius 3 is 2.10 bits per heavy atom. The fraction of sp³-hybridized carbons (Fsp3) is 0.750. The monoisotopic (exact) mass is 277 g/mol. The van der Waals surface area contributed by atoms with Crippen molar-refractivity contribution >= 4 is 12.2 Å². The summed E-state index contributed by atoms with van der Waals surface area (Å²) < 4.78 is 18.9. The topological polar surface area (TPSA) is 31.6 Å². The van der Waals surface area contributed by atoms with Crippen LogP contribution in [0.4, 0.5) is 0 Å². The summed E-state index contributed by atoms with van der Waals surface area (Å²) >= 11 is 0. The van der Waals surface area contributed by atoms with E-state index in [2.05, 4.69) is 27.7 Å². The van der Waals surface area contributed by atoms with Gasteiger partial charge in [0.15, 0.2) is 0 Å². The molecule has 1 aromatic heterocycles. The normalized spacial score (nSPS) is 28.6. The van der Waals surface area contributed by atoms with Crippen LogP contribution in [-0.4, -0.2) is 17.8 Å². The van der Waals surface area contributed by atoms with Gasteiger partial charge in [-0.05, 0) is 33.8 Å². The third kappa shape index (κ3) is 2.04. The SMILES string of the molecule is CC1(C)O[B-](c2ccco2)(C2CCCCC2)OC1(C)C. The van der Waals surface area contributed by atoms with Crippen LogP contribution in [0.5, 0.6) is 0 Å². The summed E-state index contributed by atoms with van der Waals surface area (Å²) in [6.45, 7) is 7.00. The zero-order chi connectivity index (χ0) is 14.4. The van der Waals surface area contributed by atoms with Crippen molar-refractivity contribution in [2.45, 2.75) is 76.8 Å². The lowest BCUT2D eigenvalue weighted by atomic mass is 9.42. The average molecular weight is 277 g/mol. The molecule has 2 heterocycles. The van der Waals surface area contributed by atoms with E-state index in [-0.39, 0.29) is 11.2 Å². The Labute approximate surface area is 122 Å². The van der Waals surface area contributed by atoms with Gasteiger partial charge >= 0.3 is 6.55 Å². The summed E-state index contributed by atoms with van der Waals surface area (Å²) in [6, 6.07) is 3.96. The van der Waals surface area contributed by atoms with Crippen molar-refractivity contribution in [1.82, 2.24) is 0 Å².